The third-order valence-electron chi connectivity index (χ3n) is 4.67. The van der Waals surface area contributed by atoms with Crippen LogP contribution in [0.25, 0.3) is 22.3 Å². The predicted molar refractivity (Wildman–Crippen MR) is 117 cm³/mol. The quantitative estimate of drug-likeness (QED) is 0.355. The molecule has 0 amide bonds. The van der Waals surface area contributed by atoms with Gasteiger partial charge in [0.2, 0.25) is 0 Å². The summed E-state index contributed by atoms with van der Waals surface area (Å²) in [5, 5.41) is 0. The maximum Gasteiger partial charge on any atom is 0.0128 e. The molecule has 0 fully saturated rings. The van der Waals surface area contributed by atoms with Crippen molar-refractivity contribution in [2.75, 3.05) is 0 Å². The van der Waals surface area contributed by atoms with Crippen LogP contribution in [-0.4, -0.2) is 0 Å². The van der Waals surface area contributed by atoms with Gasteiger partial charge in [-0.15, -0.1) is 0 Å². The van der Waals surface area contributed by atoms with E-state index in [4.69, 9.17) is 0 Å². The molecule has 4 aromatic rings. The lowest BCUT2D eigenvalue weighted by atomic mass is 10.0. The molecule has 0 unspecified atom stereocenters. The van der Waals surface area contributed by atoms with Crippen molar-refractivity contribution in [3.05, 3.63) is 108 Å². The molecular formula is C26H22S. The zero-order valence-electron chi connectivity index (χ0n) is 15.6. The molecule has 0 heterocycles. The molecule has 0 atom stereocenters. The molecule has 132 valence electrons. The minimum atomic E-state index is 1.26. The van der Waals surface area contributed by atoms with Gasteiger partial charge in [-0.05, 0) is 60.4 Å². The van der Waals surface area contributed by atoms with E-state index in [9.17, 15) is 0 Å². The first-order chi connectivity index (χ1) is 13.2. The predicted octanol–water partition coefficient (Wildman–Crippen LogP) is 7.79. The average Bonchev–Trinajstić information content (AvgIpc) is 2.69. The van der Waals surface area contributed by atoms with Gasteiger partial charge in [-0.2, -0.15) is 0 Å². The Morgan fingerprint density at radius 2 is 0.852 bits per heavy atom. The van der Waals surface area contributed by atoms with Crippen molar-refractivity contribution in [2.24, 2.45) is 0 Å². The van der Waals surface area contributed by atoms with E-state index < -0.39 is 0 Å². The van der Waals surface area contributed by atoms with Crippen molar-refractivity contribution in [2.45, 2.75) is 23.6 Å². The van der Waals surface area contributed by atoms with Crippen molar-refractivity contribution >= 4 is 11.8 Å². The van der Waals surface area contributed by atoms with Crippen LogP contribution in [0.1, 0.15) is 11.1 Å². The van der Waals surface area contributed by atoms with Gasteiger partial charge < -0.3 is 0 Å². The van der Waals surface area contributed by atoms with Crippen LogP contribution in [0.2, 0.25) is 0 Å². The van der Waals surface area contributed by atoms with Crippen molar-refractivity contribution in [1.82, 2.24) is 0 Å². The Morgan fingerprint density at radius 1 is 0.444 bits per heavy atom. The second kappa shape index (κ2) is 7.85. The highest BCUT2D eigenvalue weighted by Gasteiger charge is 2.04. The van der Waals surface area contributed by atoms with Crippen molar-refractivity contribution in [1.29, 1.82) is 0 Å². The third-order valence-corrected chi connectivity index (χ3v) is 5.65. The molecule has 4 rings (SSSR count). The van der Waals surface area contributed by atoms with Gasteiger partial charge in [-0.25, -0.2) is 0 Å². The Hall–Kier alpha value is -2.77. The number of hydrogen-bond acceptors (Lipinski definition) is 1. The minimum absolute atomic E-state index is 1.26. The van der Waals surface area contributed by atoms with Gasteiger partial charge in [-0.1, -0.05) is 95.7 Å². The van der Waals surface area contributed by atoms with E-state index in [1.807, 2.05) is 11.8 Å². The number of hydrogen-bond donors (Lipinski definition) is 0. The Balaban J connectivity index is 1.59. The Morgan fingerprint density at radius 3 is 1.26 bits per heavy atom. The molecule has 0 saturated carbocycles. The van der Waals surface area contributed by atoms with Crippen molar-refractivity contribution in [3.63, 3.8) is 0 Å². The van der Waals surface area contributed by atoms with Crippen LogP contribution in [0.4, 0.5) is 0 Å². The van der Waals surface area contributed by atoms with Gasteiger partial charge in [0.15, 0.2) is 0 Å². The van der Waals surface area contributed by atoms with Gasteiger partial charge in [0.25, 0.3) is 0 Å². The van der Waals surface area contributed by atoms with E-state index in [0.29, 0.717) is 0 Å². The van der Waals surface area contributed by atoms with Crippen LogP contribution < -0.4 is 0 Å². The highest BCUT2D eigenvalue weighted by Crippen LogP contribution is 2.33. The van der Waals surface area contributed by atoms with Gasteiger partial charge in [-0.3, -0.25) is 0 Å². The Labute approximate surface area is 165 Å². The van der Waals surface area contributed by atoms with E-state index in [1.54, 1.807) is 0 Å². The molecule has 4 aromatic carbocycles. The molecule has 0 bridgehead atoms. The summed E-state index contributed by atoms with van der Waals surface area (Å²) in [5.74, 6) is 0. The lowest BCUT2D eigenvalue weighted by Crippen LogP contribution is -1.82. The zero-order valence-corrected chi connectivity index (χ0v) is 16.5. The number of benzene rings is 4. The van der Waals surface area contributed by atoms with E-state index >= 15 is 0 Å². The normalized spacial score (nSPS) is 10.7. The smallest absolute Gasteiger partial charge is 0.0128 e. The highest BCUT2D eigenvalue weighted by molar-refractivity contribution is 7.99. The summed E-state index contributed by atoms with van der Waals surface area (Å²) in [4.78, 5) is 2.52. The fraction of sp³-hybridized carbons (Fsp3) is 0.0769. The number of rotatable bonds is 4. The maximum absolute atomic E-state index is 2.27. The summed E-state index contributed by atoms with van der Waals surface area (Å²) in [6.07, 6.45) is 0. The lowest BCUT2D eigenvalue weighted by Gasteiger charge is -2.08. The van der Waals surface area contributed by atoms with E-state index in [1.165, 1.54) is 43.2 Å². The van der Waals surface area contributed by atoms with Crippen LogP contribution in [0, 0.1) is 13.8 Å². The van der Waals surface area contributed by atoms with Crippen LogP contribution in [0.3, 0.4) is 0 Å². The highest BCUT2D eigenvalue weighted by atomic mass is 32.2. The van der Waals surface area contributed by atoms with Gasteiger partial charge in [0.1, 0.15) is 0 Å². The molecule has 1 heteroatoms. The summed E-state index contributed by atoms with van der Waals surface area (Å²) < 4.78 is 0. The Bertz CT molecular complexity index is 957. The number of aryl methyl sites for hydroxylation is 2. The minimum Gasteiger partial charge on any atom is -0.0901 e. The van der Waals surface area contributed by atoms with E-state index in [-0.39, 0.29) is 0 Å². The molecule has 0 N–H and O–H groups in total. The summed E-state index contributed by atoms with van der Waals surface area (Å²) in [7, 11) is 0. The fourth-order valence-electron chi connectivity index (χ4n) is 3.11. The molecule has 0 spiro atoms. The fourth-order valence-corrected chi connectivity index (χ4v) is 4.04. The SMILES string of the molecule is Cc1ccc(-c2cccc(Sc3cccc(-c4ccc(C)cc4)c3)c2)cc1. The summed E-state index contributed by atoms with van der Waals surface area (Å²) in [6, 6.07) is 35.0. The first-order valence-electron chi connectivity index (χ1n) is 9.19. The molecule has 0 aliphatic rings. The van der Waals surface area contributed by atoms with Crippen molar-refractivity contribution < 1.29 is 0 Å². The molecular weight excluding hydrogens is 344 g/mol. The topological polar surface area (TPSA) is 0 Å². The largest absolute Gasteiger partial charge is 0.0901 e. The van der Waals surface area contributed by atoms with Gasteiger partial charge in [0.05, 0.1) is 0 Å². The average molecular weight is 367 g/mol. The molecule has 0 saturated heterocycles. The molecule has 0 aromatic heterocycles. The van der Waals surface area contributed by atoms with Crippen LogP contribution in [0.5, 0.6) is 0 Å². The third kappa shape index (κ3) is 4.32. The molecule has 0 aliphatic carbocycles. The Kier molecular flexibility index (Phi) is 5.13. The van der Waals surface area contributed by atoms with E-state index in [2.05, 4.69) is 111 Å². The van der Waals surface area contributed by atoms with Gasteiger partial charge in [0, 0.05) is 9.79 Å². The molecule has 0 radical (unpaired) electrons. The standard InChI is InChI=1S/C26H22S/c1-19-9-13-21(14-10-19)23-5-3-7-25(17-23)27-26-8-4-6-24(18-26)22-15-11-20(2)12-16-22/h3-18H,1-2H3. The lowest BCUT2D eigenvalue weighted by molar-refractivity contribution is 1.39. The van der Waals surface area contributed by atoms with Crippen LogP contribution >= 0.6 is 11.8 Å². The summed E-state index contributed by atoms with van der Waals surface area (Å²) in [5.41, 5.74) is 7.62. The first-order valence-corrected chi connectivity index (χ1v) is 10.0. The van der Waals surface area contributed by atoms with Crippen LogP contribution in [-0.2, 0) is 0 Å². The second-order valence-corrected chi connectivity index (χ2v) is 8.04. The maximum atomic E-state index is 2.27. The monoisotopic (exact) mass is 366 g/mol. The molecule has 0 nitrogen and oxygen atoms in total. The molecule has 27 heavy (non-hydrogen) atoms. The van der Waals surface area contributed by atoms with Crippen molar-refractivity contribution in [3.8, 4) is 22.3 Å². The zero-order chi connectivity index (χ0) is 18.6. The summed E-state index contributed by atoms with van der Waals surface area (Å²) >= 11 is 1.81. The first kappa shape index (κ1) is 17.6. The van der Waals surface area contributed by atoms with E-state index in [0.717, 1.165) is 0 Å². The van der Waals surface area contributed by atoms with Crippen LogP contribution in [0.15, 0.2) is 107 Å². The molecule has 0 aliphatic heterocycles. The van der Waals surface area contributed by atoms with Gasteiger partial charge >= 0.3 is 0 Å². The second-order valence-electron chi connectivity index (χ2n) is 6.89. The summed E-state index contributed by atoms with van der Waals surface area (Å²) in [6.45, 7) is 4.24.